The molecule has 1 N–H and O–H groups in total. The predicted molar refractivity (Wildman–Crippen MR) is 79.6 cm³/mol. The van der Waals surface area contributed by atoms with Crippen molar-refractivity contribution >= 4 is 16.6 Å². The quantitative estimate of drug-likeness (QED) is 0.724. The minimum absolute atomic E-state index is 0.330. The van der Waals surface area contributed by atoms with Crippen LogP contribution in [0.5, 0.6) is 0 Å². The maximum Gasteiger partial charge on any atom is 0.186 e. The lowest BCUT2D eigenvalue weighted by atomic mass is 10.1. The monoisotopic (exact) mass is 278 g/mol. The molecule has 0 bridgehead atoms. The molecule has 0 spiro atoms. The minimum atomic E-state index is 0.330. The highest BCUT2D eigenvalue weighted by atomic mass is 15.1. The van der Waals surface area contributed by atoms with Crippen LogP contribution in [0.15, 0.2) is 43.0 Å². The van der Waals surface area contributed by atoms with Gasteiger partial charge in [0.1, 0.15) is 6.07 Å². The molecule has 0 aliphatic rings. The molecule has 6 nitrogen and oxygen atoms in total. The topological polar surface area (TPSA) is 79.4 Å². The average molecular weight is 278 g/mol. The number of imidazole rings is 1. The highest BCUT2D eigenvalue weighted by molar-refractivity contribution is 5.92. The molecule has 0 aliphatic carbocycles. The van der Waals surface area contributed by atoms with Crippen LogP contribution in [0.1, 0.15) is 12.1 Å². The summed E-state index contributed by atoms with van der Waals surface area (Å²) in [6.07, 6.45) is 6.42. The Morgan fingerprint density at radius 1 is 1.24 bits per heavy atom. The van der Waals surface area contributed by atoms with Gasteiger partial charge in [0, 0.05) is 30.9 Å². The Kier molecular flexibility index (Phi) is 3.74. The number of anilines is 1. The normalized spacial score (nSPS) is 10.4. The molecule has 2 aromatic heterocycles. The van der Waals surface area contributed by atoms with Crippen molar-refractivity contribution < 1.29 is 0 Å². The zero-order valence-electron chi connectivity index (χ0n) is 11.4. The third kappa shape index (κ3) is 2.82. The van der Waals surface area contributed by atoms with E-state index in [1.807, 2.05) is 35.0 Å². The van der Waals surface area contributed by atoms with Gasteiger partial charge >= 0.3 is 0 Å². The maximum absolute atomic E-state index is 9.18. The fourth-order valence-electron chi connectivity index (χ4n) is 2.20. The molecule has 1 aromatic carbocycles. The van der Waals surface area contributed by atoms with Gasteiger partial charge in [0.2, 0.25) is 0 Å². The van der Waals surface area contributed by atoms with Gasteiger partial charge in [-0.25, -0.2) is 4.98 Å². The first kappa shape index (κ1) is 13.1. The first-order valence-electron chi connectivity index (χ1n) is 6.73. The van der Waals surface area contributed by atoms with Crippen molar-refractivity contribution in [2.45, 2.75) is 13.0 Å². The Bertz CT molecular complexity index is 772. The SMILES string of the molecule is N#Cc1nnc2ccccc2c1NCCCn1ccnc1. The van der Waals surface area contributed by atoms with Crippen molar-refractivity contribution in [1.82, 2.24) is 19.7 Å². The van der Waals surface area contributed by atoms with Gasteiger partial charge in [0.05, 0.1) is 17.5 Å². The molecular formula is C15H14N6. The lowest BCUT2D eigenvalue weighted by Crippen LogP contribution is -2.08. The second-order valence-electron chi connectivity index (χ2n) is 4.63. The summed E-state index contributed by atoms with van der Waals surface area (Å²) in [6.45, 7) is 1.63. The number of aryl methyl sites for hydroxylation is 1. The van der Waals surface area contributed by atoms with Gasteiger partial charge in [-0.2, -0.15) is 5.26 Å². The van der Waals surface area contributed by atoms with Crippen LogP contribution in [0.4, 0.5) is 5.69 Å². The van der Waals surface area contributed by atoms with E-state index < -0.39 is 0 Å². The largest absolute Gasteiger partial charge is 0.382 e. The van der Waals surface area contributed by atoms with Crippen molar-refractivity contribution in [3.63, 3.8) is 0 Å². The fourth-order valence-corrected chi connectivity index (χ4v) is 2.20. The van der Waals surface area contributed by atoms with Gasteiger partial charge in [-0.1, -0.05) is 18.2 Å². The summed E-state index contributed by atoms with van der Waals surface area (Å²) >= 11 is 0. The van der Waals surface area contributed by atoms with E-state index in [1.54, 1.807) is 12.5 Å². The smallest absolute Gasteiger partial charge is 0.186 e. The molecule has 0 fully saturated rings. The molecule has 6 heteroatoms. The molecule has 0 atom stereocenters. The Labute approximate surface area is 122 Å². The lowest BCUT2D eigenvalue weighted by Gasteiger charge is -2.10. The Morgan fingerprint density at radius 3 is 2.95 bits per heavy atom. The van der Waals surface area contributed by atoms with Gasteiger partial charge in [0.25, 0.3) is 0 Å². The van der Waals surface area contributed by atoms with Crippen LogP contribution in [0.3, 0.4) is 0 Å². The number of hydrogen-bond donors (Lipinski definition) is 1. The van der Waals surface area contributed by atoms with Crippen LogP contribution >= 0.6 is 0 Å². The van der Waals surface area contributed by atoms with Crippen LogP contribution in [0.25, 0.3) is 10.9 Å². The zero-order chi connectivity index (χ0) is 14.5. The predicted octanol–water partition coefficient (Wildman–Crippen LogP) is 2.20. The molecule has 21 heavy (non-hydrogen) atoms. The van der Waals surface area contributed by atoms with E-state index in [2.05, 4.69) is 26.6 Å². The van der Waals surface area contributed by atoms with E-state index in [-0.39, 0.29) is 0 Å². The lowest BCUT2D eigenvalue weighted by molar-refractivity contribution is 0.661. The number of hydrogen-bond acceptors (Lipinski definition) is 5. The highest BCUT2D eigenvalue weighted by Crippen LogP contribution is 2.23. The zero-order valence-corrected chi connectivity index (χ0v) is 11.4. The van der Waals surface area contributed by atoms with Gasteiger partial charge in [-0.15, -0.1) is 10.2 Å². The van der Waals surface area contributed by atoms with E-state index in [0.29, 0.717) is 5.69 Å². The molecule has 0 saturated heterocycles. The van der Waals surface area contributed by atoms with Crippen LogP contribution < -0.4 is 5.32 Å². The summed E-state index contributed by atoms with van der Waals surface area (Å²) in [5.74, 6) is 0. The van der Waals surface area contributed by atoms with E-state index in [0.717, 1.165) is 36.1 Å². The standard InChI is InChI=1S/C15H14N6/c16-10-14-15(12-4-1-2-5-13(12)19-20-14)18-6-3-8-21-9-7-17-11-21/h1-2,4-5,7,9,11H,3,6,8H2,(H,18,19). The third-order valence-corrected chi connectivity index (χ3v) is 3.23. The van der Waals surface area contributed by atoms with Gasteiger partial charge in [-0.05, 0) is 12.5 Å². The Balaban J connectivity index is 1.74. The van der Waals surface area contributed by atoms with Crippen LogP contribution in [-0.4, -0.2) is 26.3 Å². The molecule has 2 heterocycles. The number of rotatable bonds is 5. The molecule has 0 amide bonds. The molecular weight excluding hydrogens is 264 g/mol. The summed E-state index contributed by atoms with van der Waals surface area (Å²) in [6, 6.07) is 9.77. The molecule has 104 valence electrons. The molecule has 3 aromatic rings. The van der Waals surface area contributed by atoms with Gasteiger partial charge in [-0.3, -0.25) is 0 Å². The minimum Gasteiger partial charge on any atom is -0.382 e. The Hall–Kier alpha value is -2.94. The average Bonchev–Trinajstić information content (AvgIpc) is 3.04. The van der Waals surface area contributed by atoms with Crippen LogP contribution in [0, 0.1) is 11.3 Å². The molecule has 3 rings (SSSR count). The van der Waals surface area contributed by atoms with E-state index >= 15 is 0 Å². The van der Waals surface area contributed by atoms with Crippen molar-refractivity contribution in [3.05, 3.63) is 48.7 Å². The molecule has 0 unspecified atom stereocenters. The number of fused-ring (bicyclic) bond motifs is 1. The first-order valence-corrected chi connectivity index (χ1v) is 6.73. The van der Waals surface area contributed by atoms with Crippen molar-refractivity contribution in [1.29, 1.82) is 5.26 Å². The fraction of sp³-hybridized carbons (Fsp3) is 0.200. The summed E-state index contributed by atoms with van der Waals surface area (Å²) in [4.78, 5) is 4.01. The van der Waals surface area contributed by atoms with E-state index in [4.69, 9.17) is 0 Å². The summed E-state index contributed by atoms with van der Waals surface area (Å²) in [5.41, 5.74) is 1.87. The molecule has 0 radical (unpaired) electrons. The van der Waals surface area contributed by atoms with E-state index in [1.165, 1.54) is 0 Å². The highest BCUT2D eigenvalue weighted by Gasteiger charge is 2.09. The van der Waals surface area contributed by atoms with Crippen molar-refractivity contribution in [3.8, 4) is 6.07 Å². The first-order chi connectivity index (χ1) is 10.4. The second-order valence-corrected chi connectivity index (χ2v) is 4.63. The summed E-state index contributed by atoms with van der Waals surface area (Å²) in [5, 5.41) is 21.4. The summed E-state index contributed by atoms with van der Waals surface area (Å²) in [7, 11) is 0. The number of nitriles is 1. The number of aromatic nitrogens is 4. The van der Waals surface area contributed by atoms with E-state index in [9.17, 15) is 5.26 Å². The number of benzene rings is 1. The van der Waals surface area contributed by atoms with Crippen molar-refractivity contribution in [2.75, 3.05) is 11.9 Å². The number of nitrogens with one attached hydrogen (secondary N) is 1. The Morgan fingerprint density at radius 2 is 2.14 bits per heavy atom. The maximum atomic E-state index is 9.18. The number of nitrogens with zero attached hydrogens (tertiary/aromatic N) is 5. The van der Waals surface area contributed by atoms with Gasteiger partial charge < -0.3 is 9.88 Å². The third-order valence-electron chi connectivity index (χ3n) is 3.23. The van der Waals surface area contributed by atoms with Crippen LogP contribution in [0.2, 0.25) is 0 Å². The summed E-state index contributed by atoms with van der Waals surface area (Å²) < 4.78 is 2.02. The van der Waals surface area contributed by atoms with Crippen molar-refractivity contribution in [2.24, 2.45) is 0 Å². The van der Waals surface area contributed by atoms with Crippen LogP contribution in [-0.2, 0) is 6.54 Å². The molecule has 0 aliphatic heterocycles. The molecule has 0 saturated carbocycles. The van der Waals surface area contributed by atoms with Gasteiger partial charge in [0.15, 0.2) is 5.69 Å². The second kappa shape index (κ2) is 6.01.